The maximum absolute atomic E-state index is 12.4. The summed E-state index contributed by atoms with van der Waals surface area (Å²) >= 11 is 0. The van der Waals surface area contributed by atoms with Gasteiger partial charge in [0.1, 0.15) is 5.75 Å². The number of hydrogen-bond acceptors (Lipinski definition) is 3. The monoisotopic (exact) mass is 377 g/mol. The van der Waals surface area contributed by atoms with Crippen molar-refractivity contribution in [1.82, 2.24) is 10.2 Å². The van der Waals surface area contributed by atoms with Gasteiger partial charge in [-0.2, -0.15) is 5.26 Å². The molecule has 1 fully saturated rings. The third-order valence-electron chi connectivity index (χ3n) is 5.02. The van der Waals surface area contributed by atoms with E-state index in [1.165, 1.54) is 19.3 Å². The van der Waals surface area contributed by atoms with Crippen LogP contribution in [0, 0.1) is 11.3 Å². The van der Waals surface area contributed by atoms with E-state index in [0.29, 0.717) is 24.8 Å². The SMILES string of the molecule is CN(Cc1cccc(C#N)c1)C(=O)NCc1cccc(OC2CCCCC2)c1. The Hall–Kier alpha value is -3.00. The number of carbonyl (C=O) groups is 1. The van der Waals surface area contributed by atoms with Crippen LogP contribution in [0.3, 0.4) is 0 Å². The molecule has 0 aromatic heterocycles. The Morgan fingerprint density at radius 2 is 1.89 bits per heavy atom. The molecule has 1 aliphatic carbocycles. The molecule has 0 radical (unpaired) electrons. The van der Waals surface area contributed by atoms with Gasteiger partial charge in [-0.05, 0) is 61.1 Å². The van der Waals surface area contributed by atoms with Gasteiger partial charge in [0.25, 0.3) is 0 Å². The Morgan fingerprint density at radius 3 is 2.68 bits per heavy atom. The summed E-state index contributed by atoms with van der Waals surface area (Å²) in [4.78, 5) is 14.0. The summed E-state index contributed by atoms with van der Waals surface area (Å²) in [5, 5.41) is 11.9. The highest BCUT2D eigenvalue weighted by Gasteiger charge is 2.15. The first-order valence-corrected chi connectivity index (χ1v) is 9.87. The van der Waals surface area contributed by atoms with Crippen LogP contribution in [0.5, 0.6) is 5.75 Å². The number of rotatable bonds is 6. The molecule has 0 unspecified atom stereocenters. The molecule has 2 aromatic carbocycles. The molecule has 5 heteroatoms. The summed E-state index contributed by atoms with van der Waals surface area (Å²) in [6.45, 7) is 0.898. The van der Waals surface area contributed by atoms with E-state index in [4.69, 9.17) is 10.00 Å². The van der Waals surface area contributed by atoms with Crippen LogP contribution in [-0.4, -0.2) is 24.1 Å². The molecule has 0 bridgehead atoms. The van der Waals surface area contributed by atoms with E-state index >= 15 is 0 Å². The third kappa shape index (κ3) is 5.75. The van der Waals surface area contributed by atoms with Crippen molar-refractivity contribution in [3.8, 4) is 11.8 Å². The van der Waals surface area contributed by atoms with Crippen LogP contribution in [0.1, 0.15) is 48.8 Å². The molecule has 2 amide bonds. The molecule has 0 saturated heterocycles. The summed E-state index contributed by atoms with van der Waals surface area (Å²) in [5.74, 6) is 0.875. The van der Waals surface area contributed by atoms with E-state index in [2.05, 4.69) is 11.4 Å². The first-order chi connectivity index (χ1) is 13.6. The number of nitrogens with one attached hydrogen (secondary N) is 1. The van der Waals surface area contributed by atoms with Gasteiger partial charge < -0.3 is 15.0 Å². The Labute approximate surface area is 166 Å². The number of ether oxygens (including phenoxy) is 1. The fourth-order valence-corrected chi connectivity index (χ4v) is 3.50. The Balaban J connectivity index is 1.50. The lowest BCUT2D eigenvalue weighted by Crippen LogP contribution is -2.36. The fourth-order valence-electron chi connectivity index (χ4n) is 3.50. The zero-order chi connectivity index (χ0) is 19.8. The zero-order valence-corrected chi connectivity index (χ0v) is 16.4. The Bertz CT molecular complexity index is 838. The van der Waals surface area contributed by atoms with E-state index in [1.54, 1.807) is 24.1 Å². The van der Waals surface area contributed by atoms with Gasteiger partial charge in [-0.3, -0.25) is 0 Å². The molecule has 2 aromatic rings. The quantitative estimate of drug-likeness (QED) is 0.799. The van der Waals surface area contributed by atoms with E-state index in [0.717, 1.165) is 29.7 Å². The Kier molecular flexibility index (Phi) is 6.91. The van der Waals surface area contributed by atoms with Gasteiger partial charge in [-0.25, -0.2) is 4.79 Å². The van der Waals surface area contributed by atoms with E-state index in [-0.39, 0.29) is 6.03 Å². The van der Waals surface area contributed by atoms with Crippen molar-refractivity contribution in [3.05, 3.63) is 65.2 Å². The first kappa shape index (κ1) is 19.8. The second kappa shape index (κ2) is 9.80. The molecule has 0 heterocycles. The van der Waals surface area contributed by atoms with Gasteiger partial charge in [0.05, 0.1) is 17.7 Å². The lowest BCUT2D eigenvalue weighted by Gasteiger charge is -2.23. The minimum Gasteiger partial charge on any atom is -0.490 e. The first-order valence-electron chi connectivity index (χ1n) is 9.87. The van der Waals surface area contributed by atoms with Crippen LogP contribution in [0.15, 0.2) is 48.5 Å². The number of carbonyl (C=O) groups excluding carboxylic acids is 1. The van der Waals surface area contributed by atoms with Crippen LogP contribution in [0.4, 0.5) is 4.79 Å². The molecular formula is C23H27N3O2. The van der Waals surface area contributed by atoms with Gasteiger partial charge in [-0.15, -0.1) is 0 Å². The number of urea groups is 1. The predicted molar refractivity (Wildman–Crippen MR) is 109 cm³/mol. The fraction of sp³-hybridized carbons (Fsp3) is 0.391. The smallest absolute Gasteiger partial charge is 0.317 e. The molecule has 1 aliphatic rings. The number of hydrogen-bond donors (Lipinski definition) is 1. The van der Waals surface area contributed by atoms with Gasteiger partial charge in [0.15, 0.2) is 0 Å². The predicted octanol–water partition coefficient (Wildman–Crippen LogP) is 4.61. The molecule has 28 heavy (non-hydrogen) atoms. The minimum atomic E-state index is -0.152. The van der Waals surface area contributed by atoms with E-state index in [1.807, 2.05) is 36.4 Å². The van der Waals surface area contributed by atoms with E-state index < -0.39 is 0 Å². The van der Waals surface area contributed by atoms with Crippen LogP contribution >= 0.6 is 0 Å². The van der Waals surface area contributed by atoms with Crippen molar-refractivity contribution < 1.29 is 9.53 Å². The largest absolute Gasteiger partial charge is 0.490 e. The molecule has 3 rings (SSSR count). The summed E-state index contributed by atoms with van der Waals surface area (Å²) in [7, 11) is 1.75. The van der Waals surface area contributed by atoms with Crippen LogP contribution in [0.25, 0.3) is 0 Å². The minimum absolute atomic E-state index is 0.152. The summed E-state index contributed by atoms with van der Waals surface area (Å²) < 4.78 is 6.10. The van der Waals surface area contributed by atoms with Gasteiger partial charge in [0.2, 0.25) is 0 Å². The number of nitriles is 1. The summed E-state index contributed by atoms with van der Waals surface area (Å²) in [6.07, 6.45) is 6.35. The topological polar surface area (TPSA) is 65.4 Å². The highest BCUT2D eigenvalue weighted by molar-refractivity contribution is 5.73. The zero-order valence-electron chi connectivity index (χ0n) is 16.4. The van der Waals surface area contributed by atoms with Crippen LogP contribution < -0.4 is 10.1 Å². The number of amides is 2. The average Bonchev–Trinajstić information content (AvgIpc) is 2.73. The molecule has 0 spiro atoms. The average molecular weight is 377 g/mol. The second-order valence-corrected chi connectivity index (χ2v) is 7.35. The van der Waals surface area contributed by atoms with Crippen LogP contribution in [-0.2, 0) is 13.1 Å². The Morgan fingerprint density at radius 1 is 1.14 bits per heavy atom. The second-order valence-electron chi connectivity index (χ2n) is 7.35. The molecular weight excluding hydrogens is 350 g/mol. The molecule has 1 N–H and O–H groups in total. The van der Waals surface area contributed by atoms with Gasteiger partial charge >= 0.3 is 6.03 Å². The lowest BCUT2D eigenvalue weighted by molar-refractivity contribution is 0.155. The van der Waals surface area contributed by atoms with Crippen LogP contribution in [0.2, 0.25) is 0 Å². The third-order valence-corrected chi connectivity index (χ3v) is 5.02. The highest BCUT2D eigenvalue weighted by Crippen LogP contribution is 2.24. The van der Waals surface area contributed by atoms with Crippen molar-refractivity contribution in [2.75, 3.05) is 7.05 Å². The van der Waals surface area contributed by atoms with Crippen molar-refractivity contribution in [3.63, 3.8) is 0 Å². The molecule has 1 saturated carbocycles. The lowest BCUT2D eigenvalue weighted by atomic mass is 9.98. The molecule has 0 aliphatic heterocycles. The number of benzene rings is 2. The van der Waals surface area contributed by atoms with Crippen molar-refractivity contribution in [2.45, 2.75) is 51.3 Å². The molecule has 146 valence electrons. The maximum atomic E-state index is 12.4. The molecule has 5 nitrogen and oxygen atoms in total. The van der Waals surface area contributed by atoms with Gasteiger partial charge in [-0.1, -0.05) is 30.7 Å². The van der Waals surface area contributed by atoms with Crippen molar-refractivity contribution in [1.29, 1.82) is 5.26 Å². The van der Waals surface area contributed by atoms with Crippen molar-refractivity contribution >= 4 is 6.03 Å². The molecule has 0 atom stereocenters. The van der Waals surface area contributed by atoms with Gasteiger partial charge in [0, 0.05) is 20.1 Å². The normalized spacial score (nSPS) is 14.1. The summed E-state index contributed by atoms with van der Waals surface area (Å²) in [6, 6.07) is 17.2. The maximum Gasteiger partial charge on any atom is 0.317 e. The summed E-state index contributed by atoms with van der Waals surface area (Å²) in [5.41, 5.74) is 2.54. The standard InChI is InChI=1S/C23H27N3O2/c1-26(17-20-9-5-7-18(13-20)15-24)23(27)25-16-19-8-6-12-22(14-19)28-21-10-3-2-4-11-21/h5-9,12-14,21H,2-4,10-11,16-17H2,1H3,(H,25,27). The highest BCUT2D eigenvalue weighted by atomic mass is 16.5. The van der Waals surface area contributed by atoms with Crippen molar-refractivity contribution in [2.24, 2.45) is 0 Å². The van der Waals surface area contributed by atoms with E-state index in [9.17, 15) is 4.79 Å². The number of nitrogens with zero attached hydrogens (tertiary/aromatic N) is 2.